The summed E-state index contributed by atoms with van der Waals surface area (Å²) in [5, 5.41) is 0. The fourth-order valence-electron chi connectivity index (χ4n) is 0.740. The highest BCUT2D eigenvalue weighted by Gasteiger charge is 2.16. The number of halogens is 2. The summed E-state index contributed by atoms with van der Waals surface area (Å²) in [6.45, 7) is 5.80. The third-order valence-corrected chi connectivity index (χ3v) is 1.31. The maximum absolute atomic E-state index is 5.78. The minimum absolute atomic E-state index is 0. The molecule has 0 aliphatic carbocycles. The van der Waals surface area contributed by atoms with Gasteiger partial charge < -0.3 is 10.7 Å². The Morgan fingerprint density at radius 2 is 1.92 bits per heavy atom. The van der Waals surface area contributed by atoms with Crippen LogP contribution in [0.15, 0.2) is 6.20 Å². The molecule has 0 unspecified atom stereocenters. The predicted molar refractivity (Wildman–Crippen MR) is 55.0 cm³/mol. The van der Waals surface area contributed by atoms with Crippen LogP contribution < -0.4 is 5.73 Å². The van der Waals surface area contributed by atoms with Gasteiger partial charge in [-0.2, -0.15) is 0 Å². The van der Waals surface area contributed by atoms with Gasteiger partial charge in [-0.05, 0) is 20.8 Å². The van der Waals surface area contributed by atoms with Gasteiger partial charge in [-0.1, -0.05) is 0 Å². The van der Waals surface area contributed by atoms with E-state index in [0.717, 1.165) is 11.5 Å². The predicted octanol–water partition coefficient (Wildman–Crippen LogP) is 1.76. The van der Waals surface area contributed by atoms with Crippen LogP contribution in [0.25, 0.3) is 0 Å². The van der Waals surface area contributed by atoms with Crippen LogP contribution in [0.4, 0.5) is 0 Å². The molecule has 0 aliphatic heterocycles. The zero-order valence-corrected chi connectivity index (χ0v) is 9.05. The molecule has 0 atom stereocenters. The van der Waals surface area contributed by atoms with Gasteiger partial charge in [-0.3, -0.25) is 0 Å². The summed E-state index contributed by atoms with van der Waals surface area (Å²) >= 11 is 0. The van der Waals surface area contributed by atoms with Gasteiger partial charge in [0.25, 0.3) is 0 Å². The average molecular weight is 212 g/mol. The highest BCUT2D eigenvalue weighted by Crippen LogP contribution is 2.11. The maximum atomic E-state index is 5.78. The van der Waals surface area contributed by atoms with Crippen molar-refractivity contribution in [3.63, 3.8) is 0 Å². The van der Waals surface area contributed by atoms with E-state index in [9.17, 15) is 0 Å². The van der Waals surface area contributed by atoms with Gasteiger partial charge in [0, 0.05) is 11.9 Å². The lowest BCUT2D eigenvalue weighted by atomic mass is 10.1. The minimum Gasteiger partial charge on any atom is -0.345 e. The van der Waals surface area contributed by atoms with E-state index in [0.29, 0.717) is 0 Å². The molecule has 0 fully saturated rings. The summed E-state index contributed by atoms with van der Waals surface area (Å²) < 4.78 is 0. The van der Waals surface area contributed by atoms with E-state index in [1.165, 1.54) is 0 Å². The molecule has 1 aromatic heterocycles. The van der Waals surface area contributed by atoms with Crippen molar-refractivity contribution in [3.8, 4) is 0 Å². The fraction of sp³-hybridized carbons (Fsp3) is 0.571. The largest absolute Gasteiger partial charge is 0.345 e. The number of imidazole rings is 1. The summed E-state index contributed by atoms with van der Waals surface area (Å²) in [4.78, 5) is 7.19. The molecule has 1 aromatic rings. The number of hydrogen-bond donors (Lipinski definition) is 2. The molecule has 0 aromatic carbocycles. The van der Waals surface area contributed by atoms with E-state index in [1.54, 1.807) is 6.20 Å². The molecule has 0 aliphatic rings. The molecule has 1 heterocycles. The highest BCUT2D eigenvalue weighted by atomic mass is 35.5. The van der Waals surface area contributed by atoms with E-state index in [1.807, 2.05) is 20.8 Å². The number of rotatable bonds is 1. The number of nitrogens with two attached hydrogens (primary N) is 1. The second-order valence-corrected chi connectivity index (χ2v) is 3.14. The van der Waals surface area contributed by atoms with Crippen LogP contribution >= 0.6 is 24.8 Å². The van der Waals surface area contributed by atoms with Gasteiger partial charge in [0.2, 0.25) is 0 Å². The SMILES string of the molecule is Cc1cnc(C(C)(C)N)[nH]1.Cl.Cl. The van der Waals surface area contributed by atoms with Crippen LogP contribution in [0.2, 0.25) is 0 Å². The van der Waals surface area contributed by atoms with Crippen LogP contribution in [-0.2, 0) is 5.54 Å². The Hall–Kier alpha value is -0.250. The van der Waals surface area contributed by atoms with Crippen molar-refractivity contribution in [2.75, 3.05) is 0 Å². The van der Waals surface area contributed by atoms with Crippen molar-refractivity contribution < 1.29 is 0 Å². The lowest BCUT2D eigenvalue weighted by molar-refractivity contribution is 0.519. The summed E-state index contributed by atoms with van der Waals surface area (Å²) in [5.74, 6) is 0.838. The molecule has 3 nitrogen and oxygen atoms in total. The van der Waals surface area contributed by atoms with Crippen molar-refractivity contribution in [2.45, 2.75) is 26.3 Å². The lowest BCUT2D eigenvalue weighted by Crippen LogP contribution is -2.30. The van der Waals surface area contributed by atoms with Gasteiger partial charge in [0.1, 0.15) is 5.82 Å². The van der Waals surface area contributed by atoms with Gasteiger partial charge in [0.05, 0.1) is 5.54 Å². The number of aryl methyl sites for hydroxylation is 1. The van der Waals surface area contributed by atoms with Crippen LogP contribution in [0.3, 0.4) is 0 Å². The molecule has 72 valence electrons. The number of hydrogen-bond acceptors (Lipinski definition) is 2. The van der Waals surface area contributed by atoms with Crippen LogP contribution in [-0.4, -0.2) is 9.97 Å². The second-order valence-electron chi connectivity index (χ2n) is 3.14. The van der Waals surface area contributed by atoms with E-state index in [4.69, 9.17) is 5.73 Å². The van der Waals surface area contributed by atoms with E-state index >= 15 is 0 Å². The Balaban J connectivity index is 0. The molecule has 3 N–H and O–H groups in total. The zero-order valence-electron chi connectivity index (χ0n) is 7.42. The molecule has 1 rings (SSSR count). The topological polar surface area (TPSA) is 54.7 Å². The van der Waals surface area contributed by atoms with Crippen molar-refractivity contribution in [2.24, 2.45) is 5.73 Å². The first-order chi connectivity index (χ1) is 4.50. The molecule has 0 saturated heterocycles. The third kappa shape index (κ3) is 3.43. The van der Waals surface area contributed by atoms with Crippen LogP contribution in [0, 0.1) is 6.92 Å². The quantitative estimate of drug-likeness (QED) is 0.745. The zero-order chi connectivity index (χ0) is 7.78. The Bertz CT molecular complexity index is 227. The molecule has 0 spiro atoms. The summed E-state index contributed by atoms with van der Waals surface area (Å²) in [6, 6.07) is 0. The Morgan fingerprint density at radius 3 is 2.08 bits per heavy atom. The maximum Gasteiger partial charge on any atom is 0.125 e. The molecule has 0 bridgehead atoms. The van der Waals surface area contributed by atoms with Crippen LogP contribution in [0.1, 0.15) is 25.4 Å². The summed E-state index contributed by atoms with van der Waals surface area (Å²) in [5.41, 5.74) is 6.47. The first-order valence-corrected chi connectivity index (χ1v) is 3.31. The molecule has 0 radical (unpaired) electrons. The number of nitrogens with zero attached hydrogens (tertiary/aromatic N) is 1. The Kier molecular flexibility index (Phi) is 5.59. The summed E-state index contributed by atoms with van der Waals surface area (Å²) in [7, 11) is 0. The molecular weight excluding hydrogens is 197 g/mol. The molecule has 12 heavy (non-hydrogen) atoms. The van der Waals surface area contributed by atoms with Crippen molar-refractivity contribution in [1.29, 1.82) is 0 Å². The smallest absolute Gasteiger partial charge is 0.125 e. The molecule has 5 heteroatoms. The van der Waals surface area contributed by atoms with Crippen molar-refractivity contribution in [3.05, 3.63) is 17.7 Å². The van der Waals surface area contributed by atoms with E-state index in [2.05, 4.69) is 9.97 Å². The first kappa shape index (κ1) is 14.3. The van der Waals surface area contributed by atoms with Gasteiger partial charge >= 0.3 is 0 Å². The van der Waals surface area contributed by atoms with E-state index in [-0.39, 0.29) is 30.4 Å². The monoisotopic (exact) mass is 211 g/mol. The van der Waals surface area contributed by atoms with E-state index < -0.39 is 0 Å². The minimum atomic E-state index is -0.353. The van der Waals surface area contributed by atoms with Gasteiger partial charge in [-0.25, -0.2) is 4.98 Å². The molecule has 0 saturated carbocycles. The number of H-pyrrole nitrogens is 1. The first-order valence-electron chi connectivity index (χ1n) is 3.31. The normalized spacial score (nSPS) is 10.0. The van der Waals surface area contributed by atoms with Gasteiger partial charge in [-0.15, -0.1) is 24.8 Å². The van der Waals surface area contributed by atoms with Gasteiger partial charge in [0.15, 0.2) is 0 Å². The lowest BCUT2D eigenvalue weighted by Gasteiger charge is -2.14. The number of nitrogens with one attached hydrogen (secondary N) is 1. The van der Waals surface area contributed by atoms with Crippen molar-refractivity contribution in [1.82, 2.24) is 9.97 Å². The Labute approximate surface area is 85.0 Å². The number of aromatic amines is 1. The fourth-order valence-corrected chi connectivity index (χ4v) is 0.740. The molecular formula is C7H15Cl2N3. The summed E-state index contributed by atoms with van der Waals surface area (Å²) in [6.07, 6.45) is 1.78. The van der Waals surface area contributed by atoms with Crippen LogP contribution in [0.5, 0.6) is 0 Å². The Morgan fingerprint density at radius 1 is 1.42 bits per heavy atom. The standard InChI is InChI=1S/C7H13N3.2ClH/c1-5-4-9-6(10-5)7(2,3)8;;/h4H,8H2,1-3H3,(H,9,10);2*1H. The second kappa shape index (κ2) is 4.70. The average Bonchev–Trinajstić information content (AvgIpc) is 2.11. The highest BCUT2D eigenvalue weighted by molar-refractivity contribution is 5.85. The van der Waals surface area contributed by atoms with Crippen molar-refractivity contribution >= 4 is 24.8 Å². The molecule has 0 amide bonds. The third-order valence-electron chi connectivity index (χ3n) is 1.31. The number of aromatic nitrogens is 2.